The first-order chi connectivity index (χ1) is 17.8. The molecule has 1 saturated heterocycles. The first kappa shape index (κ1) is 26.3. The number of morpholine rings is 1. The average Bonchev–Trinajstić information content (AvgIpc) is 2.88. The van der Waals surface area contributed by atoms with Gasteiger partial charge in [-0.05, 0) is 31.2 Å². The Labute approximate surface area is 223 Å². The van der Waals surface area contributed by atoms with Gasteiger partial charge in [0.15, 0.2) is 0 Å². The van der Waals surface area contributed by atoms with Crippen LogP contribution in [0.1, 0.15) is 6.92 Å². The van der Waals surface area contributed by atoms with Crippen molar-refractivity contribution < 1.29 is 9.66 Å². The molecule has 0 bridgehead atoms. The van der Waals surface area contributed by atoms with Crippen LogP contribution in [0.5, 0.6) is 0 Å². The van der Waals surface area contributed by atoms with Crippen LogP contribution in [0, 0.1) is 10.1 Å². The zero-order chi connectivity index (χ0) is 26.4. The number of nitrogens with zero attached hydrogens (tertiary/aromatic N) is 6. The van der Waals surface area contributed by atoms with Gasteiger partial charge >= 0.3 is 5.69 Å². The van der Waals surface area contributed by atoms with Crippen LogP contribution in [0.15, 0.2) is 41.5 Å². The smallest absolute Gasteiger partial charge is 0.311 e. The third-order valence-corrected chi connectivity index (χ3v) is 6.07. The predicted molar refractivity (Wildman–Crippen MR) is 145 cm³/mol. The Balaban J connectivity index is 1.50. The largest absolute Gasteiger partial charge is 0.378 e. The number of halogens is 2. The van der Waals surface area contributed by atoms with E-state index in [1.54, 1.807) is 24.4 Å². The SMILES string of the molecule is CC(=Nc1cnc(NCCNc2ccc([N+](=O)[O-])c(N)n2)nc1-c1ccc(Cl)cc1Cl)N1CCOCC1. The monoisotopic (exact) mass is 545 g/mol. The molecule has 0 amide bonds. The number of hydrogen-bond acceptors (Lipinski definition) is 10. The van der Waals surface area contributed by atoms with Crippen molar-refractivity contribution in [1.29, 1.82) is 0 Å². The van der Waals surface area contributed by atoms with Gasteiger partial charge < -0.3 is 26.0 Å². The summed E-state index contributed by atoms with van der Waals surface area (Å²) in [6, 6.07) is 8.00. The molecule has 12 nitrogen and oxygen atoms in total. The summed E-state index contributed by atoms with van der Waals surface area (Å²) in [5.74, 6) is 1.47. The third kappa shape index (κ3) is 6.73. The summed E-state index contributed by atoms with van der Waals surface area (Å²) in [7, 11) is 0. The number of nitrogen functional groups attached to an aromatic ring is 1. The van der Waals surface area contributed by atoms with E-state index in [9.17, 15) is 10.1 Å². The number of benzene rings is 1. The first-order valence-electron chi connectivity index (χ1n) is 11.4. The minimum Gasteiger partial charge on any atom is -0.378 e. The Hall–Kier alpha value is -3.74. The van der Waals surface area contributed by atoms with Gasteiger partial charge in [-0.15, -0.1) is 0 Å². The summed E-state index contributed by atoms with van der Waals surface area (Å²) in [6.07, 6.45) is 1.64. The minimum absolute atomic E-state index is 0.153. The Morgan fingerprint density at radius 3 is 2.65 bits per heavy atom. The molecule has 3 heterocycles. The fraction of sp³-hybridized carbons (Fsp3) is 0.304. The minimum atomic E-state index is -0.578. The first-order valence-corrected chi connectivity index (χ1v) is 12.2. The van der Waals surface area contributed by atoms with Crippen molar-refractivity contribution in [3.63, 3.8) is 0 Å². The normalized spacial score (nSPS) is 13.9. The highest BCUT2D eigenvalue weighted by Crippen LogP contribution is 2.35. The maximum atomic E-state index is 10.9. The van der Waals surface area contributed by atoms with Crippen molar-refractivity contribution in [2.75, 3.05) is 55.8 Å². The van der Waals surface area contributed by atoms with Crippen LogP contribution in [0.4, 0.5) is 29.0 Å². The van der Waals surface area contributed by atoms with Crippen molar-refractivity contribution in [2.45, 2.75) is 6.92 Å². The van der Waals surface area contributed by atoms with Gasteiger partial charge in [0.1, 0.15) is 23.0 Å². The number of hydrogen-bond donors (Lipinski definition) is 3. The lowest BCUT2D eigenvalue weighted by Crippen LogP contribution is -2.39. The lowest BCUT2D eigenvalue weighted by Gasteiger charge is -2.28. The van der Waals surface area contributed by atoms with Gasteiger partial charge in [-0.3, -0.25) is 10.1 Å². The molecule has 37 heavy (non-hydrogen) atoms. The number of aromatic nitrogens is 3. The molecule has 0 radical (unpaired) electrons. The standard InChI is InChI=1S/C23H25Cl2N9O3/c1-14(33-8-10-37-11-9-33)30-18-13-29-23(32-21(18)16-3-2-15(24)12-17(16)25)28-7-6-27-20-5-4-19(34(35)36)22(26)31-20/h2-5,12-13H,6-11H2,1H3,(H3,26,27,31)(H,28,29,32). The Kier molecular flexibility index (Phi) is 8.54. The van der Waals surface area contributed by atoms with E-state index in [2.05, 4.69) is 30.5 Å². The molecule has 0 aliphatic carbocycles. The van der Waals surface area contributed by atoms with Gasteiger partial charge in [0, 0.05) is 42.8 Å². The van der Waals surface area contributed by atoms with Crippen molar-refractivity contribution in [3.05, 3.63) is 56.7 Å². The summed E-state index contributed by atoms with van der Waals surface area (Å²) in [4.78, 5) is 30.4. The number of amidine groups is 1. The summed E-state index contributed by atoms with van der Waals surface area (Å²) in [5.41, 5.74) is 7.21. The highest BCUT2D eigenvalue weighted by molar-refractivity contribution is 6.36. The Morgan fingerprint density at radius 1 is 1.19 bits per heavy atom. The molecule has 4 rings (SSSR count). The summed E-state index contributed by atoms with van der Waals surface area (Å²) in [6.45, 7) is 5.62. The summed E-state index contributed by atoms with van der Waals surface area (Å²) < 4.78 is 5.43. The van der Waals surface area contributed by atoms with Crippen LogP contribution in [0.2, 0.25) is 10.0 Å². The van der Waals surface area contributed by atoms with Crippen molar-refractivity contribution in [1.82, 2.24) is 19.9 Å². The quantitative estimate of drug-likeness (QED) is 0.123. The van der Waals surface area contributed by atoms with Crippen LogP contribution in [0.25, 0.3) is 11.3 Å². The number of ether oxygens (including phenoxy) is 1. The molecule has 2 aromatic heterocycles. The fourth-order valence-corrected chi connectivity index (χ4v) is 4.14. The van der Waals surface area contributed by atoms with E-state index in [1.807, 2.05) is 6.92 Å². The van der Waals surface area contributed by atoms with E-state index >= 15 is 0 Å². The second-order valence-corrected chi connectivity index (χ2v) is 8.87. The van der Waals surface area contributed by atoms with Crippen LogP contribution in [-0.2, 0) is 4.74 Å². The molecule has 4 N–H and O–H groups in total. The van der Waals surface area contributed by atoms with Crippen LogP contribution in [-0.4, -0.2) is 70.0 Å². The van der Waals surface area contributed by atoms with Crippen molar-refractivity contribution in [3.8, 4) is 11.3 Å². The Bertz CT molecular complexity index is 1320. The van der Waals surface area contributed by atoms with Gasteiger partial charge in [0.05, 0.1) is 29.4 Å². The lowest BCUT2D eigenvalue weighted by molar-refractivity contribution is -0.384. The van der Waals surface area contributed by atoms with E-state index in [4.69, 9.17) is 38.7 Å². The Morgan fingerprint density at radius 2 is 1.95 bits per heavy atom. The second-order valence-electron chi connectivity index (χ2n) is 8.02. The molecule has 1 aliphatic rings. The highest BCUT2D eigenvalue weighted by Gasteiger charge is 2.17. The van der Waals surface area contributed by atoms with E-state index in [0.29, 0.717) is 65.1 Å². The zero-order valence-corrected chi connectivity index (χ0v) is 21.5. The zero-order valence-electron chi connectivity index (χ0n) is 19.9. The fourth-order valence-electron chi connectivity index (χ4n) is 3.64. The molecule has 0 unspecified atom stereocenters. The molecule has 0 saturated carbocycles. The van der Waals surface area contributed by atoms with Crippen molar-refractivity contribution in [2.24, 2.45) is 4.99 Å². The van der Waals surface area contributed by atoms with E-state index < -0.39 is 4.92 Å². The van der Waals surface area contributed by atoms with Crippen LogP contribution >= 0.6 is 23.2 Å². The predicted octanol–water partition coefficient (Wildman–Crippen LogP) is 4.24. The summed E-state index contributed by atoms with van der Waals surface area (Å²) >= 11 is 12.6. The molecule has 1 aromatic carbocycles. The molecule has 0 spiro atoms. The maximum Gasteiger partial charge on any atom is 0.311 e. The van der Waals surface area contributed by atoms with Crippen molar-refractivity contribution >= 4 is 58.0 Å². The van der Waals surface area contributed by atoms with Gasteiger partial charge in [-0.1, -0.05) is 23.2 Å². The second kappa shape index (κ2) is 12.0. The average molecular weight is 546 g/mol. The molecule has 3 aromatic rings. The van der Waals surface area contributed by atoms with E-state index in [-0.39, 0.29) is 11.5 Å². The number of rotatable bonds is 8. The molecule has 0 atom stereocenters. The van der Waals surface area contributed by atoms with Crippen LogP contribution in [0.3, 0.4) is 0 Å². The van der Waals surface area contributed by atoms with E-state index in [1.165, 1.54) is 12.1 Å². The third-order valence-electron chi connectivity index (χ3n) is 5.52. The number of nitrogens with one attached hydrogen (secondary N) is 2. The topological polar surface area (TPSA) is 157 Å². The molecule has 194 valence electrons. The van der Waals surface area contributed by atoms with Gasteiger partial charge in [-0.2, -0.15) is 0 Å². The van der Waals surface area contributed by atoms with Gasteiger partial charge in [-0.25, -0.2) is 19.9 Å². The number of nitro groups is 1. The van der Waals surface area contributed by atoms with Crippen LogP contribution < -0.4 is 16.4 Å². The number of pyridine rings is 1. The molecular formula is C23H25Cl2N9O3. The number of anilines is 3. The molecule has 1 aliphatic heterocycles. The van der Waals surface area contributed by atoms with E-state index in [0.717, 1.165) is 18.9 Å². The maximum absolute atomic E-state index is 10.9. The molecule has 14 heteroatoms. The lowest BCUT2D eigenvalue weighted by atomic mass is 10.1. The number of nitrogens with two attached hydrogens (primary N) is 1. The van der Waals surface area contributed by atoms with Gasteiger partial charge in [0.25, 0.3) is 0 Å². The van der Waals surface area contributed by atoms with Gasteiger partial charge in [0.2, 0.25) is 11.8 Å². The molecule has 1 fully saturated rings. The summed E-state index contributed by atoms with van der Waals surface area (Å²) in [5, 5.41) is 18.1. The number of aliphatic imine (C=N–C) groups is 1. The highest BCUT2D eigenvalue weighted by atomic mass is 35.5. The molecular weight excluding hydrogens is 521 g/mol.